The molecule has 0 aliphatic carbocycles. The third kappa shape index (κ3) is 5.07. The summed E-state index contributed by atoms with van der Waals surface area (Å²) < 4.78 is 5.34. The summed E-state index contributed by atoms with van der Waals surface area (Å²) in [6, 6.07) is 10.1. The normalized spacial score (nSPS) is 22.7. The number of nitrogens with zero attached hydrogens (tertiary/aromatic N) is 2. The average Bonchev–Trinajstić information content (AvgIpc) is 3.19. The number of ether oxygens (including phenoxy) is 1. The van der Waals surface area contributed by atoms with E-state index in [9.17, 15) is 14.4 Å². The molecule has 2 saturated heterocycles. The highest BCUT2D eigenvalue weighted by atomic mass is 16.5. The Morgan fingerprint density at radius 3 is 2.22 bits per heavy atom. The van der Waals surface area contributed by atoms with Crippen LogP contribution in [0.25, 0.3) is 0 Å². The van der Waals surface area contributed by atoms with Gasteiger partial charge in [-0.25, -0.2) is 4.79 Å². The number of piperazine rings is 1. The van der Waals surface area contributed by atoms with Gasteiger partial charge in [0.15, 0.2) is 6.10 Å². The molecule has 3 rings (SSSR count). The van der Waals surface area contributed by atoms with Crippen molar-refractivity contribution in [2.75, 3.05) is 26.2 Å². The third-order valence-electron chi connectivity index (χ3n) is 5.21. The molecule has 2 atom stereocenters. The monoisotopic (exact) mass is 374 g/mol. The summed E-state index contributed by atoms with van der Waals surface area (Å²) in [6.45, 7) is 1.98. The number of carboxylic acids is 1. The fourth-order valence-electron chi connectivity index (χ4n) is 3.63. The zero-order valence-corrected chi connectivity index (χ0v) is 15.4. The standard InChI is InChI=1S/C20H26N2O5/c23-18(8-4-7-15-5-2-1-3-6-15)21-11-13-22(14-12-21)19(24)16-9-10-17(27-16)20(25)26/h1-3,5-6,16-17H,4,7-14H2,(H,25,26)/t16-,17+/m0/s1. The minimum Gasteiger partial charge on any atom is -0.479 e. The summed E-state index contributed by atoms with van der Waals surface area (Å²) in [5.74, 6) is -1.05. The number of carbonyl (C=O) groups is 3. The maximum Gasteiger partial charge on any atom is 0.332 e. The smallest absolute Gasteiger partial charge is 0.332 e. The molecule has 2 aliphatic rings. The number of carbonyl (C=O) groups excluding carboxylic acids is 2. The first-order valence-electron chi connectivity index (χ1n) is 9.53. The zero-order valence-electron chi connectivity index (χ0n) is 15.4. The summed E-state index contributed by atoms with van der Waals surface area (Å²) in [6.07, 6.45) is 1.46. The predicted octanol–water partition coefficient (Wildman–Crippen LogP) is 1.31. The van der Waals surface area contributed by atoms with E-state index in [1.165, 1.54) is 5.56 Å². The lowest BCUT2D eigenvalue weighted by Gasteiger charge is -2.35. The van der Waals surface area contributed by atoms with Gasteiger partial charge in [0.1, 0.15) is 6.10 Å². The maximum absolute atomic E-state index is 12.5. The van der Waals surface area contributed by atoms with Crippen LogP contribution in [0.1, 0.15) is 31.2 Å². The van der Waals surface area contributed by atoms with Gasteiger partial charge in [0.25, 0.3) is 5.91 Å². The molecule has 2 amide bonds. The average molecular weight is 374 g/mol. The van der Waals surface area contributed by atoms with Gasteiger partial charge in [-0.2, -0.15) is 0 Å². The van der Waals surface area contributed by atoms with Crippen LogP contribution >= 0.6 is 0 Å². The summed E-state index contributed by atoms with van der Waals surface area (Å²) in [5, 5.41) is 8.97. The Morgan fingerprint density at radius 1 is 0.963 bits per heavy atom. The number of benzene rings is 1. The first kappa shape index (κ1) is 19.4. The van der Waals surface area contributed by atoms with E-state index in [1.54, 1.807) is 4.90 Å². The van der Waals surface area contributed by atoms with Crippen molar-refractivity contribution in [1.29, 1.82) is 0 Å². The molecule has 0 bridgehead atoms. The molecule has 0 radical (unpaired) electrons. The van der Waals surface area contributed by atoms with E-state index in [-0.39, 0.29) is 11.8 Å². The van der Waals surface area contributed by atoms with Crippen molar-refractivity contribution in [3.05, 3.63) is 35.9 Å². The van der Waals surface area contributed by atoms with Crippen LogP contribution in [0.5, 0.6) is 0 Å². The number of carboxylic acid groups (broad SMARTS) is 1. The molecule has 0 saturated carbocycles. The number of aliphatic carboxylic acids is 1. The predicted molar refractivity (Wildman–Crippen MR) is 98.1 cm³/mol. The van der Waals surface area contributed by atoms with Crippen LogP contribution in [0, 0.1) is 0 Å². The fraction of sp³-hybridized carbons (Fsp3) is 0.550. The van der Waals surface area contributed by atoms with Gasteiger partial charge >= 0.3 is 5.97 Å². The van der Waals surface area contributed by atoms with Crippen molar-refractivity contribution >= 4 is 17.8 Å². The lowest BCUT2D eigenvalue weighted by Crippen LogP contribution is -2.53. The van der Waals surface area contributed by atoms with Crippen LogP contribution in [-0.2, 0) is 25.5 Å². The Morgan fingerprint density at radius 2 is 1.59 bits per heavy atom. The first-order valence-corrected chi connectivity index (χ1v) is 9.53. The Kier molecular flexibility index (Phi) is 6.45. The molecule has 27 heavy (non-hydrogen) atoms. The molecule has 2 fully saturated rings. The fourth-order valence-corrected chi connectivity index (χ4v) is 3.63. The van der Waals surface area contributed by atoms with Crippen molar-refractivity contribution in [2.45, 2.75) is 44.3 Å². The molecule has 0 unspecified atom stereocenters. The number of hydrogen-bond donors (Lipinski definition) is 1. The number of amides is 2. The molecular weight excluding hydrogens is 348 g/mol. The minimum atomic E-state index is -1.02. The Labute approximate surface area is 158 Å². The molecule has 2 aliphatic heterocycles. The van der Waals surface area contributed by atoms with Gasteiger partial charge in [0.05, 0.1) is 0 Å². The quantitative estimate of drug-likeness (QED) is 0.811. The lowest BCUT2D eigenvalue weighted by atomic mass is 10.1. The molecular formula is C20H26N2O5. The van der Waals surface area contributed by atoms with Gasteiger partial charge in [-0.15, -0.1) is 0 Å². The van der Waals surface area contributed by atoms with Crippen molar-refractivity contribution in [2.24, 2.45) is 0 Å². The van der Waals surface area contributed by atoms with Gasteiger partial charge in [-0.1, -0.05) is 30.3 Å². The second-order valence-electron chi connectivity index (χ2n) is 7.07. The topological polar surface area (TPSA) is 87.2 Å². The summed E-state index contributed by atoms with van der Waals surface area (Å²) >= 11 is 0. The van der Waals surface area contributed by atoms with Crippen LogP contribution in [0.15, 0.2) is 30.3 Å². The molecule has 1 aromatic rings. The van der Waals surface area contributed by atoms with Gasteiger partial charge in [0, 0.05) is 32.6 Å². The van der Waals surface area contributed by atoms with Crippen LogP contribution in [-0.4, -0.2) is 71.1 Å². The molecule has 7 heteroatoms. The molecule has 0 aromatic heterocycles. The molecule has 7 nitrogen and oxygen atoms in total. The van der Waals surface area contributed by atoms with E-state index in [1.807, 2.05) is 23.1 Å². The molecule has 2 heterocycles. The van der Waals surface area contributed by atoms with E-state index < -0.39 is 18.2 Å². The van der Waals surface area contributed by atoms with Crippen LogP contribution in [0.2, 0.25) is 0 Å². The zero-order chi connectivity index (χ0) is 19.2. The molecule has 0 spiro atoms. The van der Waals surface area contributed by atoms with Crippen molar-refractivity contribution < 1.29 is 24.2 Å². The van der Waals surface area contributed by atoms with Gasteiger partial charge in [-0.3, -0.25) is 9.59 Å². The SMILES string of the molecule is O=C(O)[C@H]1CC[C@@H](C(=O)N2CCN(C(=O)CCCc3ccccc3)CC2)O1. The first-order chi connectivity index (χ1) is 13.0. The Balaban J connectivity index is 1.38. The van der Waals surface area contributed by atoms with Gasteiger partial charge in [0.2, 0.25) is 5.91 Å². The van der Waals surface area contributed by atoms with Crippen molar-refractivity contribution in [3.63, 3.8) is 0 Å². The highest BCUT2D eigenvalue weighted by Crippen LogP contribution is 2.22. The van der Waals surface area contributed by atoms with E-state index >= 15 is 0 Å². The second-order valence-corrected chi connectivity index (χ2v) is 7.07. The lowest BCUT2D eigenvalue weighted by molar-refractivity contribution is -0.156. The highest BCUT2D eigenvalue weighted by molar-refractivity contribution is 5.83. The largest absolute Gasteiger partial charge is 0.479 e. The second kappa shape index (κ2) is 8.99. The van der Waals surface area contributed by atoms with E-state index in [0.29, 0.717) is 45.4 Å². The summed E-state index contributed by atoms with van der Waals surface area (Å²) in [7, 11) is 0. The highest BCUT2D eigenvalue weighted by Gasteiger charge is 2.37. The van der Waals surface area contributed by atoms with Crippen LogP contribution in [0.3, 0.4) is 0 Å². The maximum atomic E-state index is 12.5. The Hall–Kier alpha value is -2.41. The summed E-state index contributed by atoms with van der Waals surface area (Å²) in [4.78, 5) is 39.3. The van der Waals surface area contributed by atoms with E-state index in [2.05, 4.69) is 12.1 Å². The van der Waals surface area contributed by atoms with E-state index in [4.69, 9.17) is 9.84 Å². The number of hydrogen-bond acceptors (Lipinski definition) is 4. The number of aryl methyl sites for hydroxylation is 1. The van der Waals surface area contributed by atoms with Crippen LogP contribution in [0.4, 0.5) is 0 Å². The van der Waals surface area contributed by atoms with Gasteiger partial charge in [-0.05, 0) is 31.2 Å². The number of rotatable bonds is 6. The van der Waals surface area contributed by atoms with E-state index in [0.717, 1.165) is 12.8 Å². The molecule has 1 N–H and O–H groups in total. The third-order valence-corrected chi connectivity index (χ3v) is 5.21. The molecule has 146 valence electrons. The minimum absolute atomic E-state index is 0.126. The Bertz CT molecular complexity index is 670. The molecule has 1 aromatic carbocycles. The van der Waals surface area contributed by atoms with Gasteiger partial charge < -0.3 is 19.6 Å². The van der Waals surface area contributed by atoms with Crippen LogP contribution < -0.4 is 0 Å². The summed E-state index contributed by atoms with van der Waals surface area (Å²) in [5.41, 5.74) is 1.23. The van der Waals surface area contributed by atoms with Crippen molar-refractivity contribution in [1.82, 2.24) is 9.80 Å². The van der Waals surface area contributed by atoms with Crippen molar-refractivity contribution in [3.8, 4) is 0 Å².